The van der Waals surface area contributed by atoms with Crippen LogP contribution in [-0.4, -0.2) is 16.0 Å². The number of pyridine rings is 1. The molecule has 0 unspecified atom stereocenters. The summed E-state index contributed by atoms with van der Waals surface area (Å²) in [5.74, 6) is -0.139. The zero-order chi connectivity index (χ0) is 12.1. The maximum absolute atomic E-state index is 11.7. The maximum atomic E-state index is 11.7. The van der Waals surface area contributed by atoms with E-state index in [1.807, 2.05) is 0 Å². The number of hydrogen-bond donors (Lipinski definition) is 2. The molecule has 2 aromatic rings. The Balaban J connectivity index is 0.00000162. The lowest BCUT2D eigenvalue weighted by molar-refractivity contribution is -0.684. The van der Waals surface area contributed by atoms with E-state index in [1.165, 1.54) is 11.3 Å². The predicted octanol–water partition coefficient (Wildman–Crippen LogP) is -2.43. The van der Waals surface area contributed by atoms with E-state index < -0.39 is 0 Å². The van der Waals surface area contributed by atoms with Crippen LogP contribution in [0.4, 0.5) is 5.13 Å². The molecule has 0 saturated carbocycles. The van der Waals surface area contributed by atoms with Crippen molar-refractivity contribution < 1.29 is 26.9 Å². The van der Waals surface area contributed by atoms with Gasteiger partial charge in [0.1, 0.15) is 0 Å². The molecule has 0 radical (unpaired) electrons. The third-order valence-electron chi connectivity index (χ3n) is 2.11. The molecule has 96 valence electrons. The molecule has 18 heavy (non-hydrogen) atoms. The molecule has 0 spiro atoms. The molecular formula is C11H12ClN3O2S. The highest BCUT2D eigenvalue weighted by molar-refractivity contribution is 7.13. The first-order valence-electron chi connectivity index (χ1n) is 5.06. The second-order valence-electron chi connectivity index (χ2n) is 3.43. The van der Waals surface area contributed by atoms with Crippen LogP contribution in [0.25, 0.3) is 0 Å². The summed E-state index contributed by atoms with van der Waals surface area (Å²) in [5.41, 5.74) is 0.773. The normalized spacial score (nSPS) is 9.61. The van der Waals surface area contributed by atoms with Gasteiger partial charge in [0.2, 0.25) is 6.54 Å². The number of nitrogens with one attached hydrogen (secondary N) is 1. The molecule has 2 aromatic heterocycles. The standard InChI is InChI=1S/C11H11N3O2S.ClH/c15-8-9-2-1-4-14(6-9)7-10(16)13-11-12-3-5-17-11;/h1-6,15H,7-8H2;1H. The number of rotatable bonds is 4. The molecule has 0 fully saturated rings. The molecule has 2 N–H and O–H groups in total. The van der Waals surface area contributed by atoms with Gasteiger partial charge in [0.15, 0.2) is 17.5 Å². The molecule has 2 rings (SSSR count). The number of halogens is 1. The second kappa shape index (κ2) is 7.05. The van der Waals surface area contributed by atoms with Gasteiger partial charge in [-0.2, -0.15) is 4.57 Å². The van der Waals surface area contributed by atoms with E-state index in [1.54, 1.807) is 40.7 Å². The summed E-state index contributed by atoms with van der Waals surface area (Å²) in [6.07, 6.45) is 5.15. The summed E-state index contributed by atoms with van der Waals surface area (Å²) >= 11 is 1.38. The topological polar surface area (TPSA) is 66.1 Å². The van der Waals surface area contributed by atoms with E-state index in [-0.39, 0.29) is 31.5 Å². The van der Waals surface area contributed by atoms with Crippen molar-refractivity contribution in [1.82, 2.24) is 4.98 Å². The van der Waals surface area contributed by atoms with Crippen molar-refractivity contribution in [2.45, 2.75) is 13.2 Å². The first-order valence-corrected chi connectivity index (χ1v) is 5.94. The second-order valence-corrected chi connectivity index (χ2v) is 4.32. The molecule has 5 nitrogen and oxygen atoms in total. The van der Waals surface area contributed by atoms with Crippen molar-refractivity contribution in [2.24, 2.45) is 0 Å². The zero-order valence-corrected chi connectivity index (χ0v) is 11.0. The summed E-state index contributed by atoms with van der Waals surface area (Å²) in [4.78, 5) is 15.6. The quantitative estimate of drug-likeness (QED) is 0.614. The number of thiazole rings is 1. The van der Waals surface area contributed by atoms with Gasteiger partial charge in [0, 0.05) is 23.2 Å². The lowest BCUT2D eigenvalue weighted by atomic mass is 10.3. The number of anilines is 1. The van der Waals surface area contributed by atoms with Gasteiger partial charge in [-0.15, -0.1) is 11.3 Å². The summed E-state index contributed by atoms with van der Waals surface area (Å²) in [6.45, 7) is 0.169. The van der Waals surface area contributed by atoms with Crippen LogP contribution in [-0.2, 0) is 17.9 Å². The number of carbonyl (C=O) groups excluding carboxylic acids is 1. The van der Waals surface area contributed by atoms with E-state index in [4.69, 9.17) is 5.11 Å². The smallest absolute Gasteiger partial charge is 0.292 e. The molecule has 1 amide bonds. The van der Waals surface area contributed by atoms with E-state index in [0.29, 0.717) is 5.13 Å². The highest BCUT2D eigenvalue weighted by Crippen LogP contribution is 2.09. The summed E-state index contributed by atoms with van der Waals surface area (Å²) in [5, 5.41) is 14.1. The van der Waals surface area contributed by atoms with Crippen LogP contribution < -0.4 is 22.3 Å². The van der Waals surface area contributed by atoms with Crippen LogP contribution >= 0.6 is 11.3 Å². The summed E-state index contributed by atoms with van der Waals surface area (Å²) in [6, 6.07) is 3.59. The fourth-order valence-corrected chi connectivity index (χ4v) is 1.92. The average Bonchev–Trinajstić information content (AvgIpc) is 2.82. The lowest BCUT2D eigenvalue weighted by Gasteiger charge is -1.99. The van der Waals surface area contributed by atoms with E-state index in [0.717, 1.165) is 5.56 Å². The first-order chi connectivity index (χ1) is 8.28. The largest absolute Gasteiger partial charge is 1.00 e. The number of aromatic nitrogens is 2. The van der Waals surface area contributed by atoms with Gasteiger partial charge in [0.25, 0.3) is 5.91 Å². The Morgan fingerprint density at radius 1 is 1.56 bits per heavy atom. The van der Waals surface area contributed by atoms with Gasteiger partial charge in [-0.3, -0.25) is 10.1 Å². The Morgan fingerprint density at radius 3 is 3.06 bits per heavy atom. The first kappa shape index (κ1) is 14.6. The molecule has 0 saturated heterocycles. The molecule has 0 atom stereocenters. The van der Waals surface area contributed by atoms with Crippen LogP contribution in [0.5, 0.6) is 0 Å². The van der Waals surface area contributed by atoms with Gasteiger partial charge < -0.3 is 17.5 Å². The zero-order valence-electron chi connectivity index (χ0n) is 9.41. The van der Waals surface area contributed by atoms with Crippen molar-refractivity contribution in [3.05, 3.63) is 41.7 Å². The van der Waals surface area contributed by atoms with Crippen molar-refractivity contribution in [2.75, 3.05) is 5.32 Å². The molecule has 2 heterocycles. The van der Waals surface area contributed by atoms with Gasteiger partial charge >= 0.3 is 0 Å². The fraction of sp³-hybridized carbons (Fsp3) is 0.182. The third kappa shape index (κ3) is 4.06. The number of carbonyl (C=O) groups is 1. The number of aliphatic hydroxyl groups excluding tert-OH is 1. The van der Waals surface area contributed by atoms with Crippen molar-refractivity contribution >= 4 is 22.4 Å². The minimum Gasteiger partial charge on any atom is -1.00 e. The molecule has 0 aromatic carbocycles. The summed E-state index contributed by atoms with van der Waals surface area (Å²) < 4.78 is 1.72. The van der Waals surface area contributed by atoms with Crippen LogP contribution in [0, 0.1) is 0 Å². The number of amides is 1. The number of aliphatic hydroxyl groups is 1. The van der Waals surface area contributed by atoms with Crippen molar-refractivity contribution in [3.63, 3.8) is 0 Å². The monoisotopic (exact) mass is 285 g/mol. The van der Waals surface area contributed by atoms with E-state index in [2.05, 4.69) is 10.3 Å². The predicted molar refractivity (Wildman–Crippen MR) is 63.3 cm³/mol. The van der Waals surface area contributed by atoms with E-state index in [9.17, 15) is 4.79 Å². The molecule has 0 aliphatic carbocycles. The molecular weight excluding hydrogens is 274 g/mol. The third-order valence-corrected chi connectivity index (χ3v) is 2.80. The van der Waals surface area contributed by atoms with Crippen LogP contribution in [0.1, 0.15) is 5.56 Å². The lowest BCUT2D eigenvalue weighted by Crippen LogP contribution is -3.00. The van der Waals surface area contributed by atoms with Crippen LogP contribution in [0.2, 0.25) is 0 Å². The van der Waals surface area contributed by atoms with Gasteiger partial charge in [-0.1, -0.05) is 0 Å². The molecule has 7 heteroatoms. The Bertz CT molecular complexity index is 505. The Hall–Kier alpha value is -1.50. The van der Waals surface area contributed by atoms with Crippen LogP contribution in [0.15, 0.2) is 36.1 Å². The Morgan fingerprint density at radius 2 is 2.39 bits per heavy atom. The average molecular weight is 286 g/mol. The van der Waals surface area contributed by atoms with Gasteiger partial charge in [-0.05, 0) is 6.07 Å². The molecule has 0 bridgehead atoms. The van der Waals surface area contributed by atoms with Crippen LogP contribution in [0.3, 0.4) is 0 Å². The minimum atomic E-state index is -0.139. The van der Waals surface area contributed by atoms with Crippen molar-refractivity contribution in [3.8, 4) is 0 Å². The number of nitrogens with zero attached hydrogens (tertiary/aromatic N) is 2. The highest BCUT2D eigenvalue weighted by Gasteiger charge is 2.10. The Kier molecular flexibility index (Phi) is 5.70. The minimum absolute atomic E-state index is 0. The highest BCUT2D eigenvalue weighted by atomic mass is 35.5. The Labute approximate surface area is 115 Å². The summed E-state index contributed by atoms with van der Waals surface area (Å²) in [7, 11) is 0. The van der Waals surface area contributed by atoms with Gasteiger partial charge in [-0.25, -0.2) is 4.98 Å². The maximum Gasteiger partial charge on any atom is 0.292 e. The van der Waals surface area contributed by atoms with E-state index >= 15 is 0 Å². The van der Waals surface area contributed by atoms with Crippen molar-refractivity contribution in [1.29, 1.82) is 0 Å². The SMILES string of the molecule is O=C(C[n+]1cccc(CO)c1)Nc1nccs1.[Cl-]. The molecule has 0 aliphatic heterocycles. The molecule has 0 aliphatic rings. The van der Waals surface area contributed by atoms with Gasteiger partial charge in [0.05, 0.1) is 6.61 Å². The fourth-order valence-electron chi connectivity index (χ4n) is 1.38. The number of hydrogen-bond acceptors (Lipinski definition) is 4.